The Hall–Kier alpha value is -2.84. The Morgan fingerprint density at radius 2 is 1.78 bits per heavy atom. The highest BCUT2D eigenvalue weighted by Crippen LogP contribution is 2.32. The van der Waals surface area contributed by atoms with Gasteiger partial charge in [-0.05, 0) is 54.3 Å². The van der Waals surface area contributed by atoms with Crippen LogP contribution >= 0.6 is 0 Å². The first-order valence-electron chi connectivity index (χ1n) is 10.8. The van der Waals surface area contributed by atoms with Crippen LogP contribution in [-0.2, 0) is 21.2 Å². The van der Waals surface area contributed by atoms with Gasteiger partial charge in [-0.25, -0.2) is 12.7 Å². The average molecular weight is 456 g/mol. The molecule has 1 N–H and O–H groups in total. The summed E-state index contributed by atoms with van der Waals surface area (Å²) in [6.45, 7) is 1.84. The summed E-state index contributed by atoms with van der Waals surface area (Å²) in [4.78, 5) is 18.3. The van der Waals surface area contributed by atoms with E-state index in [1.54, 1.807) is 12.0 Å². The first kappa shape index (κ1) is 22.4. The molecule has 0 aliphatic carbocycles. The second kappa shape index (κ2) is 9.34. The third-order valence-electron chi connectivity index (χ3n) is 6.06. The highest BCUT2D eigenvalue weighted by molar-refractivity contribution is 7.88. The number of nitrogens with zero attached hydrogens (tertiary/aromatic N) is 2. The molecule has 32 heavy (non-hydrogen) atoms. The molecule has 0 spiro atoms. The largest absolute Gasteiger partial charge is 0.497 e. The third-order valence-corrected chi connectivity index (χ3v) is 7.36. The van der Waals surface area contributed by atoms with E-state index in [1.165, 1.54) is 10.6 Å². The number of hydrogen-bond acceptors (Lipinski definition) is 4. The summed E-state index contributed by atoms with van der Waals surface area (Å²) in [5.41, 5.74) is 4.22. The molecule has 1 amide bonds. The van der Waals surface area contributed by atoms with E-state index in [2.05, 4.69) is 11.1 Å². The topological polar surface area (TPSA) is 82.7 Å². The molecular weight excluding hydrogens is 426 g/mol. The van der Waals surface area contributed by atoms with Crippen LogP contribution in [-0.4, -0.2) is 68.1 Å². The second-order valence-corrected chi connectivity index (χ2v) is 10.1. The van der Waals surface area contributed by atoms with E-state index < -0.39 is 10.0 Å². The van der Waals surface area contributed by atoms with Crippen LogP contribution < -0.4 is 4.74 Å². The van der Waals surface area contributed by atoms with Crippen molar-refractivity contribution in [2.24, 2.45) is 0 Å². The maximum atomic E-state index is 13.0. The van der Waals surface area contributed by atoms with Gasteiger partial charge in [-0.2, -0.15) is 0 Å². The SMILES string of the molecule is COc1ccc(-c2[nH]c3ccccc3c2CCC(=O)N2CCCN(S(C)(=O)=O)CC2)cc1. The number of nitrogens with one attached hydrogen (secondary N) is 1. The van der Waals surface area contributed by atoms with Crippen LogP contribution in [0.4, 0.5) is 0 Å². The molecule has 0 saturated carbocycles. The van der Waals surface area contributed by atoms with Crippen LogP contribution in [0.2, 0.25) is 0 Å². The van der Waals surface area contributed by atoms with Gasteiger partial charge in [-0.15, -0.1) is 0 Å². The number of carbonyl (C=O) groups is 1. The number of amides is 1. The molecule has 0 unspecified atom stereocenters. The van der Waals surface area contributed by atoms with Crippen molar-refractivity contribution < 1.29 is 17.9 Å². The molecule has 1 fully saturated rings. The molecule has 3 aromatic rings. The van der Waals surface area contributed by atoms with Crippen molar-refractivity contribution in [1.82, 2.24) is 14.2 Å². The predicted molar refractivity (Wildman–Crippen MR) is 126 cm³/mol. The van der Waals surface area contributed by atoms with Crippen molar-refractivity contribution in [1.29, 1.82) is 0 Å². The van der Waals surface area contributed by atoms with Crippen LogP contribution in [0.15, 0.2) is 48.5 Å². The van der Waals surface area contributed by atoms with Gasteiger partial charge in [-0.1, -0.05) is 18.2 Å². The maximum absolute atomic E-state index is 13.0. The fourth-order valence-corrected chi connectivity index (χ4v) is 5.20. The standard InChI is InChI=1S/C24H29N3O4S/c1-31-19-10-8-18(9-11-19)24-21(20-6-3-4-7-22(20)25-24)12-13-23(28)26-14-5-15-27(17-16-26)32(2,29)30/h3-4,6-11,25H,5,12-17H2,1-2H3. The fourth-order valence-electron chi connectivity index (χ4n) is 4.33. The summed E-state index contributed by atoms with van der Waals surface area (Å²) in [5, 5.41) is 1.12. The lowest BCUT2D eigenvalue weighted by molar-refractivity contribution is -0.131. The van der Waals surface area contributed by atoms with Crippen molar-refractivity contribution in [2.45, 2.75) is 19.3 Å². The number of methoxy groups -OCH3 is 1. The molecule has 170 valence electrons. The summed E-state index contributed by atoms with van der Waals surface area (Å²) in [5.74, 6) is 0.859. The molecule has 7 nitrogen and oxygen atoms in total. The van der Waals surface area contributed by atoms with Crippen molar-refractivity contribution >= 4 is 26.8 Å². The molecule has 1 aromatic heterocycles. The number of fused-ring (bicyclic) bond motifs is 1. The average Bonchev–Trinajstić information content (AvgIpc) is 2.96. The van der Waals surface area contributed by atoms with Gasteiger partial charge in [-0.3, -0.25) is 4.79 Å². The predicted octanol–water partition coefficient (Wildman–Crippen LogP) is 3.27. The van der Waals surface area contributed by atoms with Crippen molar-refractivity contribution in [3.8, 4) is 17.0 Å². The maximum Gasteiger partial charge on any atom is 0.222 e. The number of H-pyrrole nitrogens is 1. The lowest BCUT2D eigenvalue weighted by Crippen LogP contribution is -2.37. The van der Waals surface area contributed by atoms with Gasteiger partial charge in [0, 0.05) is 49.2 Å². The van der Waals surface area contributed by atoms with E-state index in [4.69, 9.17) is 4.74 Å². The van der Waals surface area contributed by atoms with E-state index in [0.29, 0.717) is 45.4 Å². The number of carbonyl (C=O) groups excluding carboxylic acids is 1. The summed E-state index contributed by atoms with van der Waals surface area (Å²) in [6.07, 6.45) is 2.87. The molecule has 2 aromatic carbocycles. The molecular formula is C24H29N3O4S. The van der Waals surface area contributed by atoms with Crippen LogP contribution in [0.3, 0.4) is 0 Å². The minimum absolute atomic E-state index is 0.0614. The second-order valence-electron chi connectivity index (χ2n) is 8.15. The normalized spacial score (nSPS) is 15.6. The van der Waals surface area contributed by atoms with Crippen molar-refractivity contribution in [2.75, 3.05) is 39.5 Å². The lowest BCUT2D eigenvalue weighted by Gasteiger charge is -2.21. The number of rotatable bonds is 6. The molecule has 0 radical (unpaired) electrons. The number of sulfonamides is 1. The number of ether oxygens (including phenoxy) is 1. The number of benzene rings is 2. The van der Waals surface area contributed by atoms with Gasteiger partial charge in [0.2, 0.25) is 15.9 Å². The smallest absolute Gasteiger partial charge is 0.222 e. The molecule has 0 bridgehead atoms. The van der Waals surface area contributed by atoms with Crippen LogP contribution in [0, 0.1) is 0 Å². The number of hydrogen-bond donors (Lipinski definition) is 1. The summed E-state index contributed by atoms with van der Waals surface area (Å²) >= 11 is 0. The highest BCUT2D eigenvalue weighted by atomic mass is 32.2. The molecule has 0 atom stereocenters. The molecule has 8 heteroatoms. The minimum atomic E-state index is -3.23. The van der Waals surface area contributed by atoms with E-state index in [9.17, 15) is 13.2 Å². The van der Waals surface area contributed by atoms with Crippen molar-refractivity contribution in [3.05, 3.63) is 54.1 Å². The molecule has 1 aliphatic rings. The molecule has 2 heterocycles. The molecule has 4 rings (SSSR count). The first-order valence-corrected chi connectivity index (χ1v) is 12.7. The quantitative estimate of drug-likeness (QED) is 0.618. The van der Waals surface area contributed by atoms with Gasteiger partial charge in [0.05, 0.1) is 13.4 Å². The highest BCUT2D eigenvalue weighted by Gasteiger charge is 2.24. The summed E-state index contributed by atoms with van der Waals surface area (Å²) in [6, 6.07) is 16.0. The van der Waals surface area contributed by atoms with E-state index >= 15 is 0 Å². The van der Waals surface area contributed by atoms with Gasteiger partial charge >= 0.3 is 0 Å². The monoisotopic (exact) mass is 455 g/mol. The Labute approximate surface area is 189 Å². The summed E-state index contributed by atoms with van der Waals surface area (Å²) < 4.78 is 30.4. The Kier molecular flexibility index (Phi) is 6.53. The van der Waals surface area contributed by atoms with Gasteiger partial charge in [0.25, 0.3) is 0 Å². The summed E-state index contributed by atoms with van der Waals surface area (Å²) in [7, 11) is -1.58. The van der Waals surface area contributed by atoms with Crippen LogP contribution in [0.1, 0.15) is 18.4 Å². The number of aryl methyl sites for hydroxylation is 1. The third kappa shape index (κ3) is 4.81. The van der Waals surface area contributed by atoms with E-state index in [1.807, 2.05) is 42.5 Å². The van der Waals surface area contributed by atoms with Crippen LogP contribution in [0.5, 0.6) is 5.75 Å². The van der Waals surface area contributed by atoms with Crippen molar-refractivity contribution in [3.63, 3.8) is 0 Å². The van der Waals surface area contributed by atoms with Gasteiger partial charge < -0.3 is 14.6 Å². The number of para-hydroxylation sites is 1. The zero-order valence-corrected chi connectivity index (χ0v) is 19.3. The van der Waals surface area contributed by atoms with Gasteiger partial charge in [0.1, 0.15) is 5.75 Å². The molecule has 1 saturated heterocycles. The van der Waals surface area contributed by atoms with Crippen LogP contribution in [0.25, 0.3) is 22.2 Å². The van der Waals surface area contributed by atoms with E-state index in [-0.39, 0.29) is 5.91 Å². The fraction of sp³-hybridized carbons (Fsp3) is 0.375. The Bertz CT molecular complexity index is 1200. The zero-order valence-electron chi connectivity index (χ0n) is 18.5. The number of aromatic nitrogens is 1. The van der Waals surface area contributed by atoms with Gasteiger partial charge in [0.15, 0.2) is 0 Å². The minimum Gasteiger partial charge on any atom is -0.497 e. The first-order chi connectivity index (χ1) is 15.4. The Balaban J connectivity index is 1.53. The Morgan fingerprint density at radius 1 is 1.03 bits per heavy atom. The Morgan fingerprint density at radius 3 is 2.50 bits per heavy atom. The van der Waals surface area contributed by atoms with E-state index in [0.717, 1.165) is 33.5 Å². The lowest BCUT2D eigenvalue weighted by atomic mass is 10.0. The number of aromatic amines is 1. The zero-order chi connectivity index (χ0) is 22.7. The molecule has 1 aliphatic heterocycles.